The number of hydrogen-bond donors (Lipinski definition) is 0. The number of benzene rings is 4. The van der Waals surface area contributed by atoms with Gasteiger partial charge in [-0.3, -0.25) is 14.6 Å². The van der Waals surface area contributed by atoms with E-state index in [1.54, 1.807) is 30.2 Å². The molecule has 0 radical (unpaired) electrons. The van der Waals surface area contributed by atoms with Crippen molar-refractivity contribution in [2.75, 3.05) is 49.6 Å². The molecular formula is C37H35Cl2N3O2. The van der Waals surface area contributed by atoms with Crippen molar-refractivity contribution >= 4 is 46.2 Å². The summed E-state index contributed by atoms with van der Waals surface area (Å²) < 4.78 is 5.57. The van der Waals surface area contributed by atoms with Crippen LogP contribution < -0.4 is 14.5 Å². The van der Waals surface area contributed by atoms with Crippen LogP contribution in [0.3, 0.4) is 0 Å². The molecule has 44 heavy (non-hydrogen) atoms. The maximum absolute atomic E-state index is 14.7. The second-order valence-electron chi connectivity index (χ2n) is 11.4. The Morgan fingerprint density at radius 1 is 0.795 bits per heavy atom. The Morgan fingerprint density at radius 3 is 2.16 bits per heavy atom. The number of rotatable bonds is 7. The number of amides is 1. The molecule has 5 nitrogen and oxygen atoms in total. The van der Waals surface area contributed by atoms with Gasteiger partial charge in [0.25, 0.3) is 0 Å². The van der Waals surface area contributed by atoms with Gasteiger partial charge in [0.1, 0.15) is 5.75 Å². The Hall–Kier alpha value is -3.95. The van der Waals surface area contributed by atoms with Gasteiger partial charge in [-0.1, -0.05) is 95.3 Å². The van der Waals surface area contributed by atoms with E-state index < -0.39 is 5.41 Å². The van der Waals surface area contributed by atoms with E-state index in [-0.39, 0.29) is 5.91 Å². The van der Waals surface area contributed by atoms with Crippen molar-refractivity contribution in [3.63, 3.8) is 0 Å². The zero-order chi connectivity index (χ0) is 30.7. The molecule has 2 aliphatic heterocycles. The lowest BCUT2D eigenvalue weighted by molar-refractivity contribution is -0.122. The third kappa shape index (κ3) is 5.78. The van der Waals surface area contributed by atoms with E-state index in [2.05, 4.69) is 58.9 Å². The lowest BCUT2D eigenvalue weighted by atomic mass is 9.74. The highest BCUT2D eigenvalue weighted by molar-refractivity contribution is 6.40. The first-order chi connectivity index (χ1) is 21.4. The molecule has 0 spiro atoms. The minimum absolute atomic E-state index is 0.0611. The average Bonchev–Trinajstić information content (AvgIpc) is 3.28. The van der Waals surface area contributed by atoms with Gasteiger partial charge in [0, 0.05) is 32.6 Å². The number of anilines is 3. The highest BCUT2D eigenvalue weighted by Crippen LogP contribution is 2.51. The molecule has 7 heteroatoms. The van der Waals surface area contributed by atoms with Crippen LogP contribution >= 0.6 is 23.2 Å². The summed E-state index contributed by atoms with van der Waals surface area (Å²) in [6, 6.07) is 29.8. The van der Waals surface area contributed by atoms with Crippen molar-refractivity contribution in [3.8, 4) is 17.6 Å². The summed E-state index contributed by atoms with van der Waals surface area (Å²) in [5.74, 6) is 7.69. The fourth-order valence-electron chi connectivity index (χ4n) is 6.31. The number of hydrogen-bond acceptors (Lipinski definition) is 4. The molecule has 2 heterocycles. The summed E-state index contributed by atoms with van der Waals surface area (Å²) in [5, 5.41) is 0.871. The Labute approximate surface area is 269 Å². The summed E-state index contributed by atoms with van der Waals surface area (Å²) in [4.78, 5) is 21.1. The molecule has 4 aromatic rings. The number of para-hydroxylation sites is 4. The summed E-state index contributed by atoms with van der Waals surface area (Å²) in [5.41, 5.74) is 4.76. The Balaban J connectivity index is 1.26. The fourth-order valence-corrected chi connectivity index (χ4v) is 6.88. The number of aryl methyl sites for hydroxylation is 1. The van der Waals surface area contributed by atoms with Gasteiger partial charge in [-0.05, 0) is 54.8 Å². The Bertz CT molecular complexity index is 1700. The summed E-state index contributed by atoms with van der Waals surface area (Å²) in [6.07, 6.45) is 0.907. The number of carbonyl (C=O) groups is 1. The van der Waals surface area contributed by atoms with Crippen LogP contribution in [0.5, 0.6) is 5.75 Å². The molecule has 1 unspecified atom stereocenters. The van der Waals surface area contributed by atoms with Crippen molar-refractivity contribution in [3.05, 3.63) is 118 Å². The molecule has 6 rings (SSSR count). The van der Waals surface area contributed by atoms with Crippen molar-refractivity contribution in [2.45, 2.75) is 25.2 Å². The summed E-state index contributed by atoms with van der Waals surface area (Å²) in [6.45, 7) is 6.33. The van der Waals surface area contributed by atoms with Crippen LogP contribution in [-0.4, -0.2) is 50.6 Å². The van der Waals surface area contributed by atoms with Crippen LogP contribution in [0.1, 0.15) is 23.1 Å². The predicted molar refractivity (Wildman–Crippen MR) is 181 cm³/mol. The molecule has 1 amide bonds. The first kappa shape index (κ1) is 30.1. The van der Waals surface area contributed by atoms with Gasteiger partial charge in [-0.2, -0.15) is 0 Å². The van der Waals surface area contributed by atoms with Gasteiger partial charge in [-0.15, -0.1) is 5.92 Å². The molecule has 0 aliphatic carbocycles. The molecule has 0 saturated carbocycles. The number of fused-ring (bicyclic) bond motifs is 1. The van der Waals surface area contributed by atoms with Gasteiger partial charge in [0.15, 0.2) is 0 Å². The van der Waals surface area contributed by atoms with E-state index in [9.17, 15) is 4.79 Å². The van der Waals surface area contributed by atoms with Crippen LogP contribution in [0, 0.1) is 18.8 Å². The summed E-state index contributed by atoms with van der Waals surface area (Å²) >= 11 is 13.3. The predicted octanol–water partition coefficient (Wildman–Crippen LogP) is 7.68. The molecule has 2 aliphatic rings. The molecule has 1 fully saturated rings. The number of nitrogens with zero attached hydrogens (tertiary/aromatic N) is 3. The lowest BCUT2D eigenvalue weighted by Crippen LogP contribution is -2.46. The highest BCUT2D eigenvalue weighted by atomic mass is 35.5. The van der Waals surface area contributed by atoms with Crippen LogP contribution in [0.15, 0.2) is 91.0 Å². The van der Waals surface area contributed by atoms with E-state index >= 15 is 0 Å². The van der Waals surface area contributed by atoms with E-state index in [1.165, 1.54) is 5.56 Å². The topological polar surface area (TPSA) is 36.0 Å². The lowest BCUT2D eigenvalue weighted by Gasteiger charge is -2.35. The number of piperazine rings is 1. The molecule has 0 aromatic heterocycles. The quantitative estimate of drug-likeness (QED) is 0.198. The van der Waals surface area contributed by atoms with Crippen LogP contribution in [0.2, 0.25) is 10.0 Å². The van der Waals surface area contributed by atoms with Gasteiger partial charge in [0.05, 0.1) is 46.2 Å². The minimum atomic E-state index is -0.885. The molecule has 1 saturated heterocycles. The van der Waals surface area contributed by atoms with Crippen LogP contribution in [-0.2, 0) is 16.6 Å². The second kappa shape index (κ2) is 13.0. The molecule has 0 bridgehead atoms. The first-order valence-corrected chi connectivity index (χ1v) is 15.7. The van der Waals surface area contributed by atoms with Gasteiger partial charge >= 0.3 is 0 Å². The number of methoxy groups -OCH3 is 1. The van der Waals surface area contributed by atoms with Crippen LogP contribution in [0.25, 0.3) is 0 Å². The Morgan fingerprint density at radius 2 is 1.45 bits per heavy atom. The largest absolute Gasteiger partial charge is 0.495 e. The Kier molecular flexibility index (Phi) is 8.86. The molecule has 224 valence electrons. The van der Waals surface area contributed by atoms with E-state index in [1.807, 2.05) is 42.5 Å². The van der Waals surface area contributed by atoms with Gasteiger partial charge in [-0.25, -0.2) is 0 Å². The second-order valence-corrected chi connectivity index (χ2v) is 12.3. The van der Waals surface area contributed by atoms with Crippen LogP contribution in [0.4, 0.5) is 17.1 Å². The van der Waals surface area contributed by atoms with E-state index in [0.717, 1.165) is 54.4 Å². The zero-order valence-electron chi connectivity index (χ0n) is 25.0. The first-order valence-electron chi connectivity index (χ1n) is 14.9. The number of halogens is 2. The standard InChI is InChI=1S/C37H35Cl2N3O2/c1-27-16-18-28(19-17-27)26-37(20-7-8-21-40-22-24-41(25-23-40)33-14-5-6-15-34(33)44-2)29-10-3-4-13-32(29)42(36(37)43)35-30(38)11-9-12-31(35)39/h3-6,9-19H,20-26H2,1-2H3. The van der Waals surface area contributed by atoms with Crippen molar-refractivity contribution in [2.24, 2.45) is 0 Å². The van der Waals surface area contributed by atoms with E-state index in [4.69, 9.17) is 27.9 Å². The average molecular weight is 625 g/mol. The summed E-state index contributed by atoms with van der Waals surface area (Å²) in [7, 11) is 1.71. The maximum atomic E-state index is 14.7. The highest BCUT2D eigenvalue weighted by Gasteiger charge is 2.51. The molecular weight excluding hydrogens is 589 g/mol. The third-order valence-corrected chi connectivity index (χ3v) is 9.29. The minimum Gasteiger partial charge on any atom is -0.495 e. The molecule has 1 atom stereocenters. The van der Waals surface area contributed by atoms with E-state index in [0.29, 0.717) is 35.1 Å². The fraction of sp³-hybridized carbons (Fsp3) is 0.270. The van der Waals surface area contributed by atoms with Crippen molar-refractivity contribution < 1.29 is 9.53 Å². The monoisotopic (exact) mass is 623 g/mol. The van der Waals surface area contributed by atoms with Crippen molar-refractivity contribution in [1.82, 2.24) is 4.90 Å². The third-order valence-electron chi connectivity index (χ3n) is 8.68. The maximum Gasteiger partial charge on any atom is 0.243 e. The number of carbonyl (C=O) groups excluding carboxylic acids is 1. The number of ether oxygens (including phenoxy) is 1. The smallest absolute Gasteiger partial charge is 0.243 e. The SMILES string of the molecule is COc1ccccc1N1CCN(CC#CCC2(Cc3ccc(C)cc3)C(=O)N(c3c(Cl)cccc3Cl)c3ccccc32)CC1. The molecule has 4 aromatic carbocycles. The van der Waals surface area contributed by atoms with Gasteiger partial charge in [0.2, 0.25) is 5.91 Å². The van der Waals surface area contributed by atoms with Crippen molar-refractivity contribution in [1.29, 1.82) is 0 Å². The normalized spacial score (nSPS) is 18.1. The molecule has 0 N–H and O–H groups in total. The van der Waals surface area contributed by atoms with Gasteiger partial charge < -0.3 is 9.64 Å². The zero-order valence-corrected chi connectivity index (χ0v) is 26.5.